The van der Waals surface area contributed by atoms with Crippen LogP contribution in [0.5, 0.6) is 11.5 Å². The van der Waals surface area contributed by atoms with Gasteiger partial charge in [0.05, 0.1) is 34.4 Å². The second-order valence-corrected chi connectivity index (χ2v) is 13.7. The zero-order valence-corrected chi connectivity index (χ0v) is 26.5. The van der Waals surface area contributed by atoms with Gasteiger partial charge in [0.15, 0.2) is 0 Å². The lowest BCUT2D eigenvalue weighted by Crippen LogP contribution is -2.16. The van der Waals surface area contributed by atoms with Gasteiger partial charge in [-0.3, -0.25) is 9.44 Å². The molecule has 0 saturated carbocycles. The van der Waals surface area contributed by atoms with Crippen LogP contribution in [0.2, 0.25) is 10.0 Å². The van der Waals surface area contributed by atoms with E-state index >= 15 is 0 Å². The van der Waals surface area contributed by atoms with Gasteiger partial charge in [-0.2, -0.15) is 0 Å². The Hall–Kier alpha value is -3.48. The standard InChI is InChI=1S/C30H30Cl2N2O7S2/c1-21-3-9-25(10-4-21)42(35,36)33-27-19-23(31)7-13-29(27)40-17-15-39-16-18-41-30-14-8-24(32)20-28(30)34-43(37,38)26-11-5-22(2)6-12-26/h3-14,19-20,33-34H,15-18H2,1-2H3. The van der Waals surface area contributed by atoms with Crippen LogP contribution in [-0.4, -0.2) is 43.3 Å². The Bertz CT molecular complexity index is 1630. The number of anilines is 2. The van der Waals surface area contributed by atoms with Crippen molar-refractivity contribution in [3.05, 3.63) is 106 Å². The number of aryl methyl sites for hydroxylation is 2. The molecular formula is C30H30Cl2N2O7S2. The molecule has 43 heavy (non-hydrogen) atoms. The second kappa shape index (κ2) is 14.3. The van der Waals surface area contributed by atoms with Crippen molar-refractivity contribution in [2.24, 2.45) is 0 Å². The summed E-state index contributed by atoms with van der Waals surface area (Å²) in [5, 5.41) is 0.676. The van der Waals surface area contributed by atoms with Crippen LogP contribution in [0, 0.1) is 13.8 Å². The SMILES string of the molecule is Cc1ccc(S(=O)(=O)Nc2cc(Cl)ccc2OCCOCCOc2ccc(Cl)cc2NS(=O)(=O)c2ccc(C)cc2)cc1. The molecule has 9 nitrogen and oxygen atoms in total. The van der Waals surface area contributed by atoms with E-state index < -0.39 is 20.0 Å². The summed E-state index contributed by atoms with van der Waals surface area (Å²) in [4.78, 5) is 0.221. The predicted octanol–water partition coefficient (Wildman–Crippen LogP) is 6.69. The molecule has 228 valence electrons. The van der Waals surface area contributed by atoms with Gasteiger partial charge in [-0.05, 0) is 74.5 Å². The van der Waals surface area contributed by atoms with Crippen LogP contribution in [0.3, 0.4) is 0 Å². The van der Waals surface area contributed by atoms with Gasteiger partial charge in [-0.1, -0.05) is 58.6 Å². The fourth-order valence-electron chi connectivity index (χ4n) is 3.78. The molecule has 0 unspecified atom stereocenters. The first-order valence-electron chi connectivity index (χ1n) is 13.0. The summed E-state index contributed by atoms with van der Waals surface area (Å²) in [5.74, 6) is 0.568. The molecule has 4 rings (SSSR count). The Morgan fingerprint density at radius 2 is 0.930 bits per heavy atom. The number of halogens is 2. The fourth-order valence-corrected chi connectivity index (χ4v) is 6.25. The molecule has 4 aromatic rings. The second-order valence-electron chi connectivity index (χ2n) is 9.43. The quantitative estimate of drug-likeness (QED) is 0.144. The first-order valence-corrected chi connectivity index (χ1v) is 16.8. The Balaban J connectivity index is 1.28. The van der Waals surface area contributed by atoms with E-state index in [2.05, 4.69) is 9.44 Å². The van der Waals surface area contributed by atoms with E-state index in [0.29, 0.717) is 10.0 Å². The third-order valence-corrected chi connectivity index (χ3v) is 9.24. The molecule has 0 spiro atoms. The number of ether oxygens (including phenoxy) is 3. The molecule has 0 atom stereocenters. The van der Waals surface area contributed by atoms with Crippen LogP contribution in [-0.2, 0) is 24.8 Å². The first-order chi connectivity index (χ1) is 20.4. The predicted molar refractivity (Wildman–Crippen MR) is 169 cm³/mol. The molecule has 2 N–H and O–H groups in total. The molecule has 0 heterocycles. The van der Waals surface area contributed by atoms with Crippen molar-refractivity contribution in [1.82, 2.24) is 0 Å². The fraction of sp³-hybridized carbons (Fsp3) is 0.200. The van der Waals surface area contributed by atoms with Gasteiger partial charge in [-0.25, -0.2) is 16.8 Å². The largest absolute Gasteiger partial charge is 0.489 e. The molecule has 4 aromatic carbocycles. The summed E-state index contributed by atoms with van der Waals surface area (Å²) in [6.45, 7) is 4.31. The van der Waals surface area contributed by atoms with Gasteiger partial charge >= 0.3 is 0 Å². The summed E-state index contributed by atoms with van der Waals surface area (Å²) in [7, 11) is -7.72. The van der Waals surface area contributed by atoms with Gasteiger partial charge < -0.3 is 14.2 Å². The molecule has 0 amide bonds. The third-order valence-electron chi connectivity index (χ3n) is 6.00. The summed E-state index contributed by atoms with van der Waals surface area (Å²) in [6, 6.07) is 22.2. The van der Waals surface area contributed by atoms with Crippen LogP contribution in [0.15, 0.2) is 94.7 Å². The molecule has 0 fully saturated rings. The maximum absolute atomic E-state index is 12.9. The molecule has 13 heteroatoms. The number of hydrogen-bond acceptors (Lipinski definition) is 7. The summed E-state index contributed by atoms with van der Waals surface area (Å²) in [5.41, 5.74) is 2.26. The average molecular weight is 666 g/mol. The number of sulfonamides is 2. The van der Waals surface area contributed by atoms with E-state index in [1.54, 1.807) is 48.5 Å². The van der Waals surface area contributed by atoms with Gasteiger partial charge in [0, 0.05) is 10.0 Å². The van der Waals surface area contributed by atoms with Crippen LogP contribution in [0.1, 0.15) is 11.1 Å². The van der Waals surface area contributed by atoms with Crippen molar-refractivity contribution in [2.45, 2.75) is 23.6 Å². The van der Waals surface area contributed by atoms with Crippen molar-refractivity contribution in [3.8, 4) is 11.5 Å². The molecule has 0 saturated heterocycles. The van der Waals surface area contributed by atoms with Crippen molar-refractivity contribution in [1.29, 1.82) is 0 Å². The van der Waals surface area contributed by atoms with Crippen molar-refractivity contribution in [3.63, 3.8) is 0 Å². The Morgan fingerprint density at radius 1 is 0.558 bits per heavy atom. The highest BCUT2D eigenvalue weighted by molar-refractivity contribution is 7.93. The van der Waals surface area contributed by atoms with Gasteiger partial charge in [0.1, 0.15) is 24.7 Å². The van der Waals surface area contributed by atoms with E-state index in [-0.39, 0.29) is 59.1 Å². The molecular weight excluding hydrogens is 635 g/mol. The molecule has 0 radical (unpaired) electrons. The summed E-state index contributed by atoms with van der Waals surface area (Å²) >= 11 is 12.2. The smallest absolute Gasteiger partial charge is 0.262 e. The minimum absolute atomic E-state index is 0.110. The maximum atomic E-state index is 12.9. The van der Waals surface area contributed by atoms with Crippen LogP contribution in [0.25, 0.3) is 0 Å². The summed E-state index contributed by atoms with van der Waals surface area (Å²) in [6.07, 6.45) is 0. The number of nitrogens with one attached hydrogen (secondary N) is 2. The highest BCUT2D eigenvalue weighted by atomic mass is 35.5. The normalized spacial score (nSPS) is 11.6. The van der Waals surface area contributed by atoms with Gasteiger partial charge in [-0.15, -0.1) is 0 Å². The molecule has 0 bridgehead atoms. The Morgan fingerprint density at radius 3 is 1.30 bits per heavy atom. The highest BCUT2D eigenvalue weighted by Gasteiger charge is 2.18. The van der Waals surface area contributed by atoms with Crippen molar-refractivity contribution in [2.75, 3.05) is 35.9 Å². The highest BCUT2D eigenvalue weighted by Crippen LogP contribution is 2.31. The molecule has 0 aliphatic rings. The molecule has 0 aliphatic heterocycles. The minimum atomic E-state index is -3.86. The lowest BCUT2D eigenvalue weighted by atomic mass is 10.2. The summed E-state index contributed by atoms with van der Waals surface area (Å²) < 4.78 is 73.5. The average Bonchev–Trinajstić information content (AvgIpc) is 2.94. The van der Waals surface area contributed by atoms with Crippen molar-refractivity contribution < 1.29 is 31.0 Å². The van der Waals surface area contributed by atoms with E-state index in [4.69, 9.17) is 37.4 Å². The Labute approximate surface area is 261 Å². The minimum Gasteiger partial charge on any atom is -0.489 e. The third kappa shape index (κ3) is 9.25. The zero-order chi connectivity index (χ0) is 31.0. The topological polar surface area (TPSA) is 120 Å². The van der Waals surface area contributed by atoms with E-state index in [1.165, 1.54) is 36.4 Å². The van der Waals surface area contributed by atoms with E-state index in [1.807, 2.05) is 13.8 Å². The van der Waals surface area contributed by atoms with Gasteiger partial charge in [0.25, 0.3) is 20.0 Å². The monoisotopic (exact) mass is 664 g/mol. The van der Waals surface area contributed by atoms with E-state index in [9.17, 15) is 16.8 Å². The molecule has 0 aliphatic carbocycles. The first kappa shape index (κ1) is 32.4. The van der Waals surface area contributed by atoms with E-state index in [0.717, 1.165) is 11.1 Å². The lowest BCUT2D eigenvalue weighted by molar-refractivity contribution is 0.0768. The van der Waals surface area contributed by atoms with Crippen molar-refractivity contribution >= 4 is 54.6 Å². The maximum Gasteiger partial charge on any atom is 0.262 e. The lowest BCUT2D eigenvalue weighted by Gasteiger charge is -2.15. The van der Waals surface area contributed by atoms with Crippen LogP contribution < -0.4 is 18.9 Å². The number of benzene rings is 4. The van der Waals surface area contributed by atoms with Crippen LogP contribution >= 0.6 is 23.2 Å². The number of rotatable bonds is 14. The van der Waals surface area contributed by atoms with Crippen LogP contribution in [0.4, 0.5) is 11.4 Å². The zero-order valence-electron chi connectivity index (χ0n) is 23.3. The molecule has 0 aromatic heterocycles. The number of hydrogen-bond donors (Lipinski definition) is 2. The Kier molecular flexibility index (Phi) is 10.8. The van der Waals surface area contributed by atoms with Gasteiger partial charge in [0.2, 0.25) is 0 Å².